The maximum absolute atomic E-state index is 12.3. The molecule has 1 amide bonds. The first-order valence-corrected chi connectivity index (χ1v) is 6.81. The summed E-state index contributed by atoms with van der Waals surface area (Å²) < 4.78 is 5.40. The van der Waals surface area contributed by atoms with Crippen molar-refractivity contribution in [3.63, 3.8) is 0 Å². The predicted octanol–water partition coefficient (Wildman–Crippen LogP) is 3.30. The molecule has 0 radical (unpaired) electrons. The summed E-state index contributed by atoms with van der Waals surface area (Å²) in [5, 5.41) is 9.20. The fourth-order valence-electron chi connectivity index (χ4n) is 2.14. The molecule has 112 valence electrons. The van der Waals surface area contributed by atoms with E-state index in [2.05, 4.69) is 0 Å². The smallest absolute Gasteiger partial charge is 0.414 e. The van der Waals surface area contributed by atoms with Crippen LogP contribution < -0.4 is 4.90 Å². The molecular weight excluding hydrogens is 270 g/mol. The number of hydrogen-bond acceptors (Lipinski definition) is 3. The zero-order valence-corrected chi connectivity index (χ0v) is 12.4. The van der Waals surface area contributed by atoms with Crippen molar-refractivity contribution in [1.29, 1.82) is 0 Å². The minimum Gasteiger partial charge on any atom is -0.478 e. The van der Waals surface area contributed by atoms with Crippen LogP contribution in [0.1, 0.15) is 32.8 Å². The van der Waals surface area contributed by atoms with Gasteiger partial charge in [-0.15, -0.1) is 0 Å². The molecule has 1 heterocycles. The summed E-state index contributed by atoms with van der Waals surface area (Å²) in [5.74, 6) is -0.962. The third kappa shape index (κ3) is 3.62. The van der Waals surface area contributed by atoms with Crippen molar-refractivity contribution in [2.45, 2.75) is 32.8 Å². The van der Waals surface area contributed by atoms with Gasteiger partial charge in [0.1, 0.15) is 5.60 Å². The number of anilines is 1. The standard InChI is InChI=1S/C16H19NO4/c1-16(2,3)21-15(20)17-9-8-12(14(18)19)10-11-6-4-5-7-13(11)17/h4-7,10H,8-9H2,1-3H3,(H,18,19). The largest absolute Gasteiger partial charge is 0.478 e. The molecule has 0 saturated heterocycles. The number of carbonyl (C=O) groups excluding carboxylic acids is 1. The molecule has 0 atom stereocenters. The number of carboxylic acid groups (broad SMARTS) is 1. The summed E-state index contributed by atoms with van der Waals surface area (Å²) in [7, 11) is 0. The maximum Gasteiger partial charge on any atom is 0.414 e. The van der Waals surface area contributed by atoms with E-state index < -0.39 is 17.7 Å². The second-order valence-corrected chi connectivity index (χ2v) is 5.92. The van der Waals surface area contributed by atoms with Crippen LogP contribution in [0.2, 0.25) is 0 Å². The quantitative estimate of drug-likeness (QED) is 0.861. The van der Waals surface area contributed by atoms with Crippen molar-refractivity contribution in [2.75, 3.05) is 11.4 Å². The molecule has 0 spiro atoms. The molecule has 1 aromatic carbocycles. The molecule has 1 aromatic rings. The molecular formula is C16H19NO4. The van der Waals surface area contributed by atoms with Gasteiger partial charge in [0.05, 0.1) is 5.69 Å². The lowest BCUT2D eigenvalue weighted by Crippen LogP contribution is -2.37. The number of para-hydroxylation sites is 1. The Kier molecular flexibility index (Phi) is 4.02. The number of hydrogen-bond donors (Lipinski definition) is 1. The summed E-state index contributed by atoms with van der Waals surface area (Å²) in [5.41, 5.74) is 1.07. The Morgan fingerprint density at radius 1 is 1.24 bits per heavy atom. The van der Waals surface area contributed by atoms with E-state index in [0.717, 1.165) is 0 Å². The fourth-order valence-corrected chi connectivity index (χ4v) is 2.14. The number of fused-ring (bicyclic) bond motifs is 1. The van der Waals surface area contributed by atoms with E-state index in [-0.39, 0.29) is 18.5 Å². The van der Waals surface area contributed by atoms with Crippen molar-refractivity contribution in [1.82, 2.24) is 0 Å². The van der Waals surface area contributed by atoms with E-state index in [0.29, 0.717) is 11.3 Å². The van der Waals surface area contributed by atoms with E-state index in [4.69, 9.17) is 4.74 Å². The Hall–Kier alpha value is -2.30. The molecule has 0 saturated carbocycles. The average molecular weight is 289 g/mol. The highest BCUT2D eigenvalue weighted by atomic mass is 16.6. The van der Waals surface area contributed by atoms with Gasteiger partial charge in [0, 0.05) is 12.1 Å². The Labute approximate surface area is 123 Å². The number of carboxylic acids is 1. The summed E-state index contributed by atoms with van der Waals surface area (Å²) >= 11 is 0. The number of aliphatic carboxylic acids is 1. The van der Waals surface area contributed by atoms with Crippen molar-refractivity contribution in [3.8, 4) is 0 Å². The van der Waals surface area contributed by atoms with Crippen LogP contribution in [0.25, 0.3) is 6.08 Å². The molecule has 1 aliphatic rings. The van der Waals surface area contributed by atoms with Gasteiger partial charge in [-0.25, -0.2) is 9.59 Å². The highest BCUT2D eigenvalue weighted by Crippen LogP contribution is 2.29. The van der Waals surface area contributed by atoms with E-state index >= 15 is 0 Å². The molecule has 0 aliphatic carbocycles. The normalized spacial score (nSPS) is 14.8. The lowest BCUT2D eigenvalue weighted by atomic mass is 10.1. The maximum atomic E-state index is 12.3. The van der Waals surface area contributed by atoms with Crippen LogP contribution in [0, 0.1) is 0 Å². The lowest BCUT2D eigenvalue weighted by Gasteiger charge is -2.27. The van der Waals surface area contributed by atoms with Crippen LogP contribution in [-0.4, -0.2) is 29.3 Å². The van der Waals surface area contributed by atoms with E-state index in [1.807, 2.05) is 12.1 Å². The average Bonchev–Trinajstić information content (AvgIpc) is 2.56. The SMILES string of the molecule is CC(C)(C)OC(=O)N1CCC(C(=O)O)=Cc2ccccc21. The molecule has 1 N–H and O–H groups in total. The third-order valence-electron chi connectivity index (χ3n) is 3.05. The summed E-state index contributed by atoms with van der Waals surface area (Å²) in [6, 6.07) is 7.21. The molecule has 0 bridgehead atoms. The minimum absolute atomic E-state index is 0.281. The Morgan fingerprint density at radius 3 is 2.52 bits per heavy atom. The minimum atomic E-state index is -0.962. The molecule has 0 unspecified atom stereocenters. The predicted molar refractivity (Wildman–Crippen MR) is 80.3 cm³/mol. The lowest BCUT2D eigenvalue weighted by molar-refractivity contribution is -0.132. The van der Waals surface area contributed by atoms with Gasteiger partial charge in [0.2, 0.25) is 0 Å². The molecule has 5 nitrogen and oxygen atoms in total. The van der Waals surface area contributed by atoms with Crippen LogP contribution in [0.3, 0.4) is 0 Å². The second kappa shape index (κ2) is 5.60. The van der Waals surface area contributed by atoms with Crippen LogP contribution in [0.4, 0.5) is 10.5 Å². The third-order valence-corrected chi connectivity index (χ3v) is 3.05. The first kappa shape index (κ1) is 15.1. The van der Waals surface area contributed by atoms with Gasteiger partial charge in [0.15, 0.2) is 0 Å². The second-order valence-electron chi connectivity index (χ2n) is 5.92. The van der Waals surface area contributed by atoms with Crippen molar-refractivity contribution >= 4 is 23.8 Å². The topological polar surface area (TPSA) is 66.8 Å². The summed E-state index contributed by atoms with van der Waals surface area (Å²) in [6.45, 7) is 5.69. The fraction of sp³-hybridized carbons (Fsp3) is 0.375. The first-order valence-electron chi connectivity index (χ1n) is 6.81. The highest BCUT2D eigenvalue weighted by molar-refractivity contribution is 5.97. The monoisotopic (exact) mass is 289 g/mol. The number of carbonyl (C=O) groups is 2. The number of ether oxygens (including phenoxy) is 1. The zero-order valence-electron chi connectivity index (χ0n) is 12.4. The van der Waals surface area contributed by atoms with E-state index in [1.165, 1.54) is 4.90 Å². The van der Waals surface area contributed by atoms with Crippen LogP contribution in [-0.2, 0) is 9.53 Å². The Morgan fingerprint density at radius 2 is 1.90 bits per heavy atom. The van der Waals surface area contributed by atoms with Gasteiger partial charge in [-0.3, -0.25) is 4.90 Å². The molecule has 1 aliphatic heterocycles. The number of nitrogens with zero attached hydrogens (tertiary/aromatic N) is 1. The van der Waals surface area contributed by atoms with Gasteiger partial charge >= 0.3 is 12.1 Å². The molecule has 2 rings (SSSR count). The summed E-state index contributed by atoms with van der Waals surface area (Å²) in [6.07, 6.45) is 1.43. The molecule has 0 fully saturated rings. The summed E-state index contributed by atoms with van der Waals surface area (Å²) in [4.78, 5) is 25.1. The Bertz CT molecular complexity index is 599. The van der Waals surface area contributed by atoms with Crippen molar-refractivity contribution in [3.05, 3.63) is 35.4 Å². The van der Waals surface area contributed by atoms with E-state index in [9.17, 15) is 14.7 Å². The van der Waals surface area contributed by atoms with Gasteiger partial charge in [-0.1, -0.05) is 18.2 Å². The van der Waals surface area contributed by atoms with Crippen LogP contribution in [0.15, 0.2) is 29.8 Å². The van der Waals surface area contributed by atoms with Crippen molar-refractivity contribution < 1.29 is 19.4 Å². The highest BCUT2D eigenvalue weighted by Gasteiger charge is 2.27. The molecule has 5 heteroatoms. The van der Waals surface area contributed by atoms with Crippen LogP contribution in [0.5, 0.6) is 0 Å². The van der Waals surface area contributed by atoms with Gasteiger partial charge in [0.25, 0.3) is 0 Å². The van der Waals surface area contributed by atoms with Crippen LogP contribution >= 0.6 is 0 Å². The van der Waals surface area contributed by atoms with E-state index in [1.54, 1.807) is 39.0 Å². The van der Waals surface area contributed by atoms with Gasteiger partial charge in [-0.05, 0) is 44.9 Å². The molecule has 0 aromatic heterocycles. The number of amides is 1. The number of rotatable bonds is 1. The molecule has 21 heavy (non-hydrogen) atoms. The van der Waals surface area contributed by atoms with Gasteiger partial charge in [-0.2, -0.15) is 0 Å². The first-order chi connectivity index (χ1) is 9.78. The zero-order chi connectivity index (χ0) is 15.6. The van der Waals surface area contributed by atoms with Crippen molar-refractivity contribution in [2.24, 2.45) is 0 Å². The van der Waals surface area contributed by atoms with Gasteiger partial charge < -0.3 is 9.84 Å². The number of benzene rings is 1. The Balaban J connectivity index is 2.37.